The van der Waals surface area contributed by atoms with Crippen LogP contribution in [-0.2, 0) is 0 Å². The number of hydrogen-bond donors (Lipinski definition) is 1. The lowest BCUT2D eigenvalue weighted by atomic mass is 10.2. The van der Waals surface area contributed by atoms with Gasteiger partial charge in [0.25, 0.3) is 0 Å². The second-order valence-corrected chi connectivity index (χ2v) is 4.77. The Labute approximate surface area is 109 Å². The van der Waals surface area contributed by atoms with Gasteiger partial charge in [0.1, 0.15) is 11.9 Å². The van der Waals surface area contributed by atoms with E-state index in [1.54, 1.807) is 0 Å². The first-order chi connectivity index (χ1) is 8.74. The molecule has 1 aliphatic rings. The lowest BCUT2D eigenvalue weighted by Crippen LogP contribution is -2.34. The van der Waals surface area contributed by atoms with Crippen molar-refractivity contribution in [2.45, 2.75) is 32.7 Å². The van der Waals surface area contributed by atoms with Gasteiger partial charge in [0.05, 0.1) is 5.56 Å². The Hall–Kier alpha value is -1.60. The normalized spacial score (nSPS) is 19.7. The van der Waals surface area contributed by atoms with Crippen molar-refractivity contribution in [3.63, 3.8) is 0 Å². The summed E-state index contributed by atoms with van der Waals surface area (Å²) in [5.41, 5.74) is 1.57. The third kappa shape index (κ3) is 2.80. The molecule has 0 bridgehead atoms. The first kappa shape index (κ1) is 12.8. The van der Waals surface area contributed by atoms with Crippen LogP contribution in [0.3, 0.4) is 0 Å². The zero-order valence-corrected chi connectivity index (χ0v) is 11.1. The summed E-state index contributed by atoms with van der Waals surface area (Å²) in [6, 6.07) is 6.46. The molecule has 0 aliphatic carbocycles. The minimum absolute atomic E-state index is 0.573. The van der Waals surface area contributed by atoms with Crippen molar-refractivity contribution < 1.29 is 0 Å². The molecular weight excluding hydrogens is 224 g/mol. The molecule has 1 aromatic heterocycles. The molecule has 1 unspecified atom stereocenters. The first-order valence-corrected chi connectivity index (χ1v) is 6.60. The minimum Gasteiger partial charge on any atom is -0.367 e. The molecular formula is C14H20N4. The van der Waals surface area contributed by atoms with Crippen LogP contribution >= 0.6 is 0 Å². The number of hydrogen-bond acceptors (Lipinski definition) is 4. The van der Waals surface area contributed by atoms with Crippen molar-refractivity contribution in [3.8, 4) is 6.07 Å². The average Bonchev–Trinajstić information content (AvgIpc) is 2.84. The fourth-order valence-corrected chi connectivity index (χ4v) is 2.54. The molecule has 1 atom stereocenters. The van der Waals surface area contributed by atoms with Crippen molar-refractivity contribution in [1.82, 2.24) is 9.88 Å². The third-order valence-electron chi connectivity index (χ3n) is 3.57. The van der Waals surface area contributed by atoms with Gasteiger partial charge in [-0.2, -0.15) is 5.26 Å². The Morgan fingerprint density at radius 3 is 3.11 bits per heavy atom. The number of rotatable bonds is 4. The number of anilines is 1. The Morgan fingerprint density at radius 2 is 2.39 bits per heavy atom. The number of nitrogens with zero attached hydrogens (tertiary/aromatic N) is 3. The average molecular weight is 244 g/mol. The van der Waals surface area contributed by atoms with Crippen LogP contribution in [0, 0.1) is 18.3 Å². The molecule has 1 N–H and O–H groups in total. The van der Waals surface area contributed by atoms with Gasteiger partial charge in [0, 0.05) is 18.3 Å². The molecule has 4 nitrogen and oxygen atoms in total. The molecule has 2 rings (SSSR count). The van der Waals surface area contributed by atoms with Crippen molar-refractivity contribution in [1.29, 1.82) is 5.26 Å². The molecule has 0 spiro atoms. The van der Waals surface area contributed by atoms with E-state index in [9.17, 15) is 0 Å². The highest BCUT2D eigenvalue weighted by molar-refractivity contribution is 5.52. The number of pyridine rings is 1. The number of aryl methyl sites for hydroxylation is 1. The monoisotopic (exact) mass is 244 g/mol. The lowest BCUT2D eigenvalue weighted by molar-refractivity contribution is 0.277. The largest absolute Gasteiger partial charge is 0.367 e. The van der Waals surface area contributed by atoms with Crippen molar-refractivity contribution in [2.75, 3.05) is 25.0 Å². The summed E-state index contributed by atoms with van der Waals surface area (Å²) in [6.07, 6.45) is 2.50. The van der Waals surface area contributed by atoms with Gasteiger partial charge >= 0.3 is 0 Å². The van der Waals surface area contributed by atoms with Gasteiger partial charge in [-0.05, 0) is 45.0 Å². The SMILES string of the molecule is CCN1CCCC1CNc1nc(C)ccc1C#N. The number of likely N-dealkylation sites (N-methyl/N-ethyl adjacent to an activating group) is 1. The quantitative estimate of drug-likeness (QED) is 0.881. The van der Waals surface area contributed by atoms with Crippen LogP contribution in [-0.4, -0.2) is 35.6 Å². The standard InChI is InChI=1S/C14H20N4/c1-3-18-8-4-5-13(18)10-16-14-12(9-15)7-6-11(2)17-14/h6-7,13H,3-5,8,10H2,1-2H3,(H,16,17). The van der Waals surface area contributed by atoms with Crippen LogP contribution in [0.1, 0.15) is 31.0 Å². The third-order valence-corrected chi connectivity index (χ3v) is 3.57. The predicted molar refractivity (Wildman–Crippen MR) is 72.4 cm³/mol. The molecule has 96 valence electrons. The van der Waals surface area contributed by atoms with Gasteiger partial charge < -0.3 is 5.32 Å². The van der Waals surface area contributed by atoms with E-state index in [4.69, 9.17) is 5.26 Å². The molecule has 1 aliphatic heterocycles. The van der Waals surface area contributed by atoms with Crippen molar-refractivity contribution >= 4 is 5.82 Å². The summed E-state index contributed by atoms with van der Waals surface area (Å²) < 4.78 is 0. The number of likely N-dealkylation sites (tertiary alicyclic amines) is 1. The fourth-order valence-electron chi connectivity index (χ4n) is 2.54. The Balaban J connectivity index is 2.02. The van der Waals surface area contributed by atoms with Gasteiger partial charge in [-0.1, -0.05) is 6.92 Å². The molecule has 0 radical (unpaired) electrons. The summed E-state index contributed by atoms with van der Waals surface area (Å²) in [5, 5.41) is 12.4. The van der Waals surface area contributed by atoms with Gasteiger partial charge in [-0.15, -0.1) is 0 Å². The summed E-state index contributed by atoms with van der Waals surface area (Å²) in [7, 11) is 0. The maximum absolute atomic E-state index is 9.06. The topological polar surface area (TPSA) is 52.0 Å². The summed E-state index contributed by atoms with van der Waals surface area (Å²) >= 11 is 0. The van der Waals surface area contributed by atoms with Crippen LogP contribution in [0.5, 0.6) is 0 Å². The number of nitriles is 1. The molecule has 0 saturated carbocycles. The molecule has 1 aromatic rings. The molecule has 4 heteroatoms. The Kier molecular flexibility index (Phi) is 4.16. The maximum atomic E-state index is 9.06. The van der Waals surface area contributed by atoms with Crippen LogP contribution in [0.4, 0.5) is 5.82 Å². The highest BCUT2D eigenvalue weighted by Crippen LogP contribution is 2.18. The zero-order valence-electron chi connectivity index (χ0n) is 11.1. The summed E-state index contributed by atoms with van der Waals surface area (Å²) in [4.78, 5) is 6.88. The van der Waals surface area contributed by atoms with Gasteiger partial charge in [0.2, 0.25) is 0 Å². The molecule has 2 heterocycles. The van der Waals surface area contributed by atoms with Crippen LogP contribution in [0.2, 0.25) is 0 Å². The van der Waals surface area contributed by atoms with E-state index >= 15 is 0 Å². The van der Waals surface area contributed by atoms with Gasteiger partial charge in [-0.25, -0.2) is 4.98 Å². The van der Waals surface area contributed by atoms with Gasteiger partial charge in [0.15, 0.2) is 0 Å². The minimum atomic E-state index is 0.573. The van der Waals surface area contributed by atoms with Crippen LogP contribution in [0.15, 0.2) is 12.1 Å². The second-order valence-electron chi connectivity index (χ2n) is 4.77. The van der Waals surface area contributed by atoms with E-state index in [1.807, 2.05) is 19.1 Å². The molecule has 1 saturated heterocycles. The predicted octanol–water partition coefficient (Wildman–Crippen LogP) is 2.16. The highest BCUT2D eigenvalue weighted by Gasteiger charge is 2.22. The van der Waals surface area contributed by atoms with Crippen molar-refractivity contribution in [3.05, 3.63) is 23.4 Å². The second kappa shape index (κ2) is 5.83. The molecule has 18 heavy (non-hydrogen) atoms. The molecule has 0 aromatic carbocycles. The summed E-state index contributed by atoms with van der Waals surface area (Å²) in [5.74, 6) is 0.723. The smallest absolute Gasteiger partial charge is 0.144 e. The van der Waals surface area contributed by atoms with E-state index in [0.717, 1.165) is 24.6 Å². The number of aromatic nitrogens is 1. The molecule has 1 fully saturated rings. The number of nitrogens with one attached hydrogen (secondary N) is 1. The lowest BCUT2D eigenvalue weighted by Gasteiger charge is -2.23. The van der Waals surface area contributed by atoms with E-state index in [1.165, 1.54) is 19.4 Å². The maximum Gasteiger partial charge on any atom is 0.144 e. The van der Waals surface area contributed by atoms with E-state index in [0.29, 0.717) is 11.6 Å². The zero-order chi connectivity index (χ0) is 13.0. The van der Waals surface area contributed by atoms with Gasteiger partial charge in [-0.3, -0.25) is 4.90 Å². The van der Waals surface area contributed by atoms with Crippen molar-refractivity contribution in [2.24, 2.45) is 0 Å². The fraction of sp³-hybridized carbons (Fsp3) is 0.571. The Bertz CT molecular complexity index is 450. The van der Waals surface area contributed by atoms with E-state index < -0.39 is 0 Å². The van der Waals surface area contributed by atoms with E-state index in [2.05, 4.69) is 28.2 Å². The summed E-state index contributed by atoms with van der Waals surface area (Å²) in [6.45, 7) is 7.30. The Morgan fingerprint density at radius 1 is 1.56 bits per heavy atom. The van der Waals surface area contributed by atoms with Crippen LogP contribution < -0.4 is 5.32 Å². The highest BCUT2D eigenvalue weighted by atomic mass is 15.2. The van der Waals surface area contributed by atoms with E-state index in [-0.39, 0.29) is 0 Å². The first-order valence-electron chi connectivity index (χ1n) is 6.60. The molecule has 0 amide bonds. The van der Waals surface area contributed by atoms with Crippen LogP contribution in [0.25, 0.3) is 0 Å².